The van der Waals surface area contributed by atoms with Gasteiger partial charge < -0.3 is 9.30 Å². The van der Waals surface area contributed by atoms with Crippen molar-refractivity contribution in [2.75, 3.05) is 18.6 Å². The number of benzene rings is 3. The molecule has 34 heavy (non-hydrogen) atoms. The second-order valence-corrected chi connectivity index (χ2v) is 9.63. The number of aryl methyl sites for hydroxylation is 1. The predicted octanol–water partition coefficient (Wildman–Crippen LogP) is 5.50. The number of thioether (sulfide) groups is 1. The molecule has 0 spiro atoms. The van der Waals surface area contributed by atoms with Crippen molar-refractivity contribution >= 4 is 45.2 Å². The minimum absolute atomic E-state index is 0.215. The lowest BCUT2D eigenvalue weighted by Crippen LogP contribution is -2.21. The van der Waals surface area contributed by atoms with Crippen LogP contribution in [0.5, 0.6) is 0 Å². The maximum Gasteiger partial charge on any atom is 0.338 e. The van der Waals surface area contributed by atoms with Crippen LogP contribution in [0.4, 0.5) is 0 Å². The average Bonchev–Trinajstić information content (AvgIpc) is 3.20. The molecule has 0 aliphatic heterocycles. The molecule has 4 rings (SSSR count). The predicted molar refractivity (Wildman–Crippen MR) is 139 cm³/mol. The molecule has 5 nitrogen and oxygen atoms in total. The number of rotatable bonds is 8. The summed E-state index contributed by atoms with van der Waals surface area (Å²) in [6, 6.07) is 25.0. The number of esters is 1. The van der Waals surface area contributed by atoms with Crippen molar-refractivity contribution in [2.24, 2.45) is 4.99 Å². The number of ether oxygens (including phenoxy) is 1. The van der Waals surface area contributed by atoms with E-state index < -0.39 is 5.92 Å². The molecule has 0 aliphatic carbocycles. The second kappa shape index (κ2) is 11.3. The van der Waals surface area contributed by atoms with Gasteiger partial charge in [-0.3, -0.25) is 4.79 Å². The third-order valence-electron chi connectivity index (χ3n) is 5.43. The van der Waals surface area contributed by atoms with Crippen molar-refractivity contribution in [1.82, 2.24) is 4.57 Å². The summed E-state index contributed by atoms with van der Waals surface area (Å²) in [6.07, 6.45) is 2.05. The molecular weight excluding hydrogens is 464 g/mol. The van der Waals surface area contributed by atoms with Crippen molar-refractivity contribution in [3.8, 4) is 0 Å². The zero-order valence-electron chi connectivity index (χ0n) is 19.1. The van der Waals surface area contributed by atoms with E-state index in [0.29, 0.717) is 23.5 Å². The van der Waals surface area contributed by atoms with E-state index in [1.807, 2.05) is 72.8 Å². The van der Waals surface area contributed by atoms with Crippen LogP contribution in [0.15, 0.2) is 83.9 Å². The number of carbonyl (C=O) groups excluding carboxylic acids is 2. The highest BCUT2D eigenvalue weighted by molar-refractivity contribution is 7.98. The summed E-state index contributed by atoms with van der Waals surface area (Å²) in [7, 11) is 0. The van der Waals surface area contributed by atoms with Gasteiger partial charge in [0.2, 0.25) is 0 Å². The highest BCUT2D eigenvalue weighted by Gasteiger charge is 2.23. The molecule has 0 N–H and O–H groups in total. The summed E-state index contributed by atoms with van der Waals surface area (Å²) in [4.78, 5) is 31.1. The van der Waals surface area contributed by atoms with Crippen molar-refractivity contribution in [3.63, 3.8) is 0 Å². The Bertz CT molecular complexity index is 1310. The van der Waals surface area contributed by atoms with E-state index in [1.165, 1.54) is 11.3 Å². The highest BCUT2D eigenvalue weighted by atomic mass is 32.2. The molecule has 0 unspecified atom stereocenters. The number of carbonyl (C=O) groups is 2. The van der Waals surface area contributed by atoms with Crippen LogP contribution in [0.1, 0.15) is 34.3 Å². The first kappa shape index (κ1) is 24.0. The summed E-state index contributed by atoms with van der Waals surface area (Å²) in [5.74, 6) is -0.173. The maximum atomic E-state index is 13.6. The summed E-state index contributed by atoms with van der Waals surface area (Å²) < 4.78 is 8.11. The zero-order valence-corrected chi connectivity index (χ0v) is 20.8. The Morgan fingerprint density at radius 3 is 2.24 bits per heavy atom. The minimum atomic E-state index is -0.489. The van der Waals surface area contributed by atoms with E-state index in [2.05, 4.69) is 15.8 Å². The molecule has 0 aliphatic rings. The van der Waals surface area contributed by atoms with Gasteiger partial charge in [-0.05, 0) is 42.5 Å². The monoisotopic (exact) mass is 490 g/mol. The fraction of sp³-hybridized carbons (Fsp3) is 0.222. The van der Waals surface area contributed by atoms with Crippen LogP contribution in [-0.4, -0.2) is 35.1 Å². The Hall–Kier alpha value is -3.16. The van der Waals surface area contributed by atoms with E-state index in [0.717, 1.165) is 27.1 Å². The van der Waals surface area contributed by atoms with Gasteiger partial charge in [-0.1, -0.05) is 72.0 Å². The number of hydrogen-bond acceptors (Lipinski definition) is 5. The average molecular weight is 491 g/mol. The Morgan fingerprint density at radius 1 is 1.00 bits per heavy atom. The quantitative estimate of drug-likeness (QED) is 0.306. The molecule has 0 bridgehead atoms. The third-order valence-corrected chi connectivity index (χ3v) is 7.06. The largest absolute Gasteiger partial charge is 0.462 e. The smallest absolute Gasteiger partial charge is 0.338 e. The highest BCUT2D eigenvalue weighted by Crippen LogP contribution is 2.26. The number of hydrogen-bond donors (Lipinski definition) is 0. The summed E-state index contributed by atoms with van der Waals surface area (Å²) >= 11 is 3.15. The van der Waals surface area contributed by atoms with Gasteiger partial charge in [0, 0.05) is 12.3 Å². The number of aromatic nitrogens is 1. The topological polar surface area (TPSA) is 60.7 Å². The Labute approximate surface area is 207 Å². The normalized spacial score (nSPS) is 11.8. The number of fused-ring (bicyclic) bond motifs is 1. The lowest BCUT2D eigenvalue weighted by molar-refractivity contribution is -0.118. The van der Waals surface area contributed by atoms with Gasteiger partial charge in [0.25, 0.3) is 5.91 Å². The Morgan fingerprint density at radius 2 is 1.65 bits per heavy atom. The third kappa shape index (κ3) is 5.32. The van der Waals surface area contributed by atoms with Gasteiger partial charge in [0.15, 0.2) is 4.80 Å². The second-order valence-electron chi connectivity index (χ2n) is 7.64. The zero-order chi connectivity index (χ0) is 23.9. The van der Waals surface area contributed by atoms with E-state index >= 15 is 0 Å². The molecule has 7 heteroatoms. The van der Waals surface area contributed by atoms with Crippen LogP contribution < -0.4 is 4.80 Å². The van der Waals surface area contributed by atoms with Gasteiger partial charge in [-0.15, -0.1) is 0 Å². The van der Waals surface area contributed by atoms with Crippen LogP contribution in [0, 0.1) is 0 Å². The van der Waals surface area contributed by atoms with Gasteiger partial charge in [-0.25, -0.2) is 4.79 Å². The first-order chi connectivity index (χ1) is 16.6. The van der Waals surface area contributed by atoms with Crippen molar-refractivity contribution in [2.45, 2.75) is 19.4 Å². The molecule has 0 atom stereocenters. The van der Waals surface area contributed by atoms with E-state index in [9.17, 15) is 9.59 Å². The molecule has 0 saturated heterocycles. The number of amides is 1. The SMILES string of the molecule is CCOC(=O)c1ccc2c(c1)sc(=NC(=O)C(c1ccccc1)c1ccccc1)n2CCSC. The molecule has 0 fully saturated rings. The molecule has 4 aromatic rings. The molecular formula is C27H26N2O3S2. The van der Waals surface area contributed by atoms with Gasteiger partial charge in [0.1, 0.15) is 0 Å². The molecule has 3 aromatic carbocycles. The van der Waals surface area contributed by atoms with Crippen molar-refractivity contribution in [1.29, 1.82) is 0 Å². The van der Waals surface area contributed by atoms with E-state index in [1.54, 1.807) is 24.8 Å². The molecule has 1 amide bonds. The molecule has 0 saturated carbocycles. The van der Waals surface area contributed by atoms with Crippen LogP contribution in [0.2, 0.25) is 0 Å². The maximum absolute atomic E-state index is 13.6. The van der Waals surface area contributed by atoms with Gasteiger partial charge in [-0.2, -0.15) is 16.8 Å². The van der Waals surface area contributed by atoms with E-state index in [-0.39, 0.29) is 11.9 Å². The van der Waals surface area contributed by atoms with Crippen LogP contribution in [0.3, 0.4) is 0 Å². The molecule has 174 valence electrons. The lowest BCUT2D eigenvalue weighted by Gasteiger charge is -2.14. The first-order valence-corrected chi connectivity index (χ1v) is 13.3. The fourth-order valence-corrected chi connectivity index (χ4v) is 5.29. The van der Waals surface area contributed by atoms with Crippen LogP contribution in [-0.2, 0) is 16.1 Å². The first-order valence-electron chi connectivity index (χ1n) is 11.1. The Kier molecular flexibility index (Phi) is 7.98. The molecule has 0 radical (unpaired) electrons. The van der Waals surface area contributed by atoms with Crippen LogP contribution >= 0.6 is 23.1 Å². The van der Waals surface area contributed by atoms with Crippen molar-refractivity contribution in [3.05, 3.63) is 100 Å². The summed E-state index contributed by atoms with van der Waals surface area (Å²) in [5.41, 5.74) is 3.26. The van der Waals surface area contributed by atoms with Crippen LogP contribution in [0.25, 0.3) is 10.2 Å². The van der Waals surface area contributed by atoms with E-state index in [4.69, 9.17) is 4.74 Å². The summed E-state index contributed by atoms with van der Waals surface area (Å²) in [5, 5.41) is 0. The number of thiazole rings is 1. The van der Waals surface area contributed by atoms with Gasteiger partial charge >= 0.3 is 5.97 Å². The van der Waals surface area contributed by atoms with Crippen molar-refractivity contribution < 1.29 is 14.3 Å². The minimum Gasteiger partial charge on any atom is -0.462 e. The standard InChI is InChI=1S/C27H26N2O3S2/c1-3-32-26(31)21-14-15-22-23(18-21)34-27(29(22)16-17-33-2)28-25(30)24(19-10-6-4-7-11-19)20-12-8-5-9-13-20/h4-15,18,24H,3,16-17H2,1-2H3. The summed E-state index contributed by atoms with van der Waals surface area (Å²) in [6.45, 7) is 2.83. The molecule has 1 aromatic heterocycles. The Balaban J connectivity index is 1.82. The molecule has 1 heterocycles. The fourth-order valence-electron chi connectivity index (χ4n) is 3.83. The number of nitrogens with zero attached hydrogens (tertiary/aromatic N) is 2. The lowest BCUT2D eigenvalue weighted by atomic mass is 9.91. The van der Waals surface area contributed by atoms with Gasteiger partial charge in [0.05, 0.1) is 28.3 Å².